The molecule has 0 spiro atoms. The van der Waals surface area contributed by atoms with E-state index < -0.39 is 0 Å². The van der Waals surface area contributed by atoms with Crippen molar-refractivity contribution in [2.24, 2.45) is 0 Å². The third kappa shape index (κ3) is 4.20. The van der Waals surface area contributed by atoms with Crippen molar-refractivity contribution in [3.8, 4) is 5.75 Å². The summed E-state index contributed by atoms with van der Waals surface area (Å²) in [5.74, 6) is 0.682. The average Bonchev–Trinajstić information content (AvgIpc) is 3.04. The zero-order valence-corrected chi connectivity index (χ0v) is 14.2. The average molecular weight is 338 g/mol. The number of carbonyl (C=O) groups excluding carboxylic acids is 1. The number of carbonyl (C=O) groups is 1. The van der Waals surface area contributed by atoms with Gasteiger partial charge in [-0.15, -0.1) is 11.3 Å². The molecular weight excluding hydrogens is 320 g/mol. The number of ether oxygens (including phenoxy) is 1. The maximum atomic E-state index is 12.5. The Morgan fingerprint density at radius 2 is 1.88 bits per heavy atom. The summed E-state index contributed by atoms with van der Waals surface area (Å²) >= 11 is 1.59. The molecule has 1 amide bonds. The Balaban J connectivity index is 1.65. The lowest BCUT2D eigenvalue weighted by Crippen LogP contribution is -2.23. The summed E-state index contributed by atoms with van der Waals surface area (Å²) in [6, 6.07) is 17.1. The van der Waals surface area contributed by atoms with Crippen LogP contribution in [0, 0.1) is 6.92 Å². The summed E-state index contributed by atoms with van der Waals surface area (Å²) in [5, 5.41) is 3.94. The van der Waals surface area contributed by atoms with E-state index in [2.05, 4.69) is 10.3 Å². The first kappa shape index (κ1) is 16.2. The molecule has 1 N–H and O–H groups in total. The van der Waals surface area contributed by atoms with Crippen molar-refractivity contribution in [2.45, 2.75) is 20.1 Å². The van der Waals surface area contributed by atoms with Crippen LogP contribution >= 0.6 is 11.3 Å². The summed E-state index contributed by atoms with van der Waals surface area (Å²) in [7, 11) is 0. The molecular formula is C19H18N2O2S. The molecule has 0 unspecified atom stereocenters. The second kappa shape index (κ2) is 7.75. The highest BCUT2D eigenvalue weighted by Gasteiger charge is 2.11. The van der Waals surface area contributed by atoms with Crippen LogP contribution in [0.15, 0.2) is 60.8 Å². The van der Waals surface area contributed by atoms with Gasteiger partial charge >= 0.3 is 0 Å². The normalized spacial score (nSPS) is 10.4. The van der Waals surface area contributed by atoms with E-state index >= 15 is 0 Å². The van der Waals surface area contributed by atoms with Gasteiger partial charge in [0.25, 0.3) is 5.91 Å². The molecule has 2 aromatic carbocycles. The molecule has 24 heavy (non-hydrogen) atoms. The van der Waals surface area contributed by atoms with Crippen LogP contribution in [-0.2, 0) is 13.2 Å². The molecule has 0 aliphatic carbocycles. The zero-order valence-electron chi connectivity index (χ0n) is 13.4. The molecule has 0 saturated carbocycles. The predicted octanol–water partition coefficient (Wildman–Crippen LogP) is 3.96. The second-order valence-corrected chi connectivity index (χ2v) is 6.61. The Hall–Kier alpha value is -2.66. The molecule has 0 aliphatic heterocycles. The number of benzene rings is 2. The van der Waals surface area contributed by atoms with Crippen LogP contribution < -0.4 is 10.1 Å². The molecule has 5 heteroatoms. The van der Waals surface area contributed by atoms with Crippen LogP contribution in [0.3, 0.4) is 0 Å². The van der Waals surface area contributed by atoms with Crippen molar-refractivity contribution in [2.75, 3.05) is 0 Å². The van der Waals surface area contributed by atoms with E-state index in [1.807, 2.05) is 61.5 Å². The Bertz CT molecular complexity index is 815. The summed E-state index contributed by atoms with van der Waals surface area (Å²) < 4.78 is 5.76. The van der Waals surface area contributed by atoms with E-state index in [4.69, 9.17) is 4.74 Å². The van der Waals surface area contributed by atoms with Gasteiger partial charge in [0.05, 0.1) is 11.6 Å². The summed E-state index contributed by atoms with van der Waals surface area (Å²) in [5.41, 5.74) is 1.49. The van der Waals surface area contributed by atoms with Crippen molar-refractivity contribution in [3.05, 3.63) is 81.8 Å². The van der Waals surface area contributed by atoms with E-state index in [1.54, 1.807) is 17.5 Å². The second-order valence-electron chi connectivity index (χ2n) is 5.29. The van der Waals surface area contributed by atoms with E-state index in [9.17, 15) is 4.79 Å². The van der Waals surface area contributed by atoms with E-state index in [-0.39, 0.29) is 5.91 Å². The molecule has 0 radical (unpaired) electrons. The van der Waals surface area contributed by atoms with Gasteiger partial charge in [0.2, 0.25) is 0 Å². The van der Waals surface area contributed by atoms with Crippen LogP contribution in [0.5, 0.6) is 5.75 Å². The van der Waals surface area contributed by atoms with E-state index in [0.29, 0.717) is 18.7 Å². The first-order valence-corrected chi connectivity index (χ1v) is 8.49. The third-order valence-corrected chi connectivity index (χ3v) is 4.40. The van der Waals surface area contributed by atoms with Gasteiger partial charge in [-0.1, -0.05) is 36.4 Å². The Morgan fingerprint density at radius 1 is 1.12 bits per heavy atom. The molecule has 3 aromatic rings. The number of para-hydroxylation sites is 1. The van der Waals surface area contributed by atoms with Crippen LogP contribution in [0.1, 0.15) is 25.8 Å². The van der Waals surface area contributed by atoms with Crippen LogP contribution in [0.25, 0.3) is 0 Å². The smallest absolute Gasteiger partial charge is 0.251 e. The van der Waals surface area contributed by atoms with Gasteiger partial charge in [-0.25, -0.2) is 4.98 Å². The lowest BCUT2D eigenvalue weighted by molar-refractivity contribution is 0.0948. The number of nitrogens with zero attached hydrogens (tertiary/aromatic N) is 1. The number of nitrogens with one attached hydrogen (secondary N) is 1. The van der Waals surface area contributed by atoms with Gasteiger partial charge in [0.15, 0.2) is 0 Å². The number of hydrogen-bond donors (Lipinski definition) is 1. The quantitative estimate of drug-likeness (QED) is 0.740. The van der Waals surface area contributed by atoms with Gasteiger partial charge in [-0.2, -0.15) is 0 Å². The van der Waals surface area contributed by atoms with Gasteiger partial charge < -0.3 is 10.1 Å². The van der Waals surface area contributed by atoms with Gasteiger partial charge in [-0.3, -0.25) is 4.79 Å². The number of aromatic nitrogens is 1. The van der Waals surface area contributed by atoms with Crippen molar-refractivity contribution >= 4 is 17.2 Å². The lowest BCUT2D eigenvalue weighted by Gasteiger charge is -2.11. The lowest BCUT2D eigenvalue weighted by atomic mass is 10.1. The Labute approximate surface area is 145 Å². The fraction of sp³-hybridized carbons (Fsp3) is 0.158. The Morgan fingerprint density at radius 3 is 2.62 bits per heavy atom. The predicted molar refractivity (Wildman–Crippen MR) is 95.2 cm³/mol. The summed E-state index contributed by atoms with van der Waals surface area (Å²) in [4.78, 5) is 17.7. The van der Waals surface area contributed by atoms with Crippen molar-refractivity contribution in [1.29, 1.82) is 0 Å². The third-order valence-electron chi connectivity index (χ3n) is 3.49. The molecule has 122 valence electrons. The number of hydrogen-bond acceptors (Lipinski definition) is 4. The number of rotatable bonds is 6. The SMILES string of the molecule is Cc1ncc(CNC(=O)c2ccccc2COc2ccccc2)s1. The molecule has 0 atom stereocenters. The standard InChI is InChI=1S/C19H18N2O2S/c1-14-20-11-17(24-14)12-21-19(22)18-10-6-5-7-15(18)13-23-16-8-3-2-4-9-16/h2-11H,12-13H2,1H3,(H,21,22). The van der Waals surface area contributed by atoms with Crippen LogP contribution in [0.4, 0.5) is 0 Å². The number of aryl methyl sites for hydroxylation is 1. The maximum absolute atomic E-state index is 12.5. The van der Waals surface area contributed by atoms with E-state index in [1.165, 1.54) is 0 Å². The molecule has 0 bridgehead atoms. The molecule has 3 rings (SSSR count). The molecule has 4 nitrogen and oxygen atoms in total. The molecule has 1 aromatic heterocycles. The van der Waals surface area contributed by atoms with Gasteiger partial charge in [0, 0.05) is 22.2 Å². The molecule has 1 heterocycles. The van der Waals surface area contributed by atoms with Crippen molar-refractivity contribution in [3.63, 3.8) is 0 Å². The molecule has 0 aliphatic rings. The largest absolute Gasteiger partial charge is 0.489 e. The highest BCUT2D eigenvalue weighted by Crippen LogP contribution is 2.15. The van der Waals surface area contributed by atoms with Crippen molar-refractivity contribution in [1.82, 2.24) is 10.3 Å². The minimum Gasteiger partial charge on any atom is -0.489 e. The summed E-state index contributed by atoms with van der Waals surface area (Å²) in [6.45, 7) is 2.79. The molecule has 0 saturated heterocycles. The number of thiazole rings is 1. The van der Waals surface area contributed by atoms with Crippen LogP contribution in [-0.4, -0.2) is 10.9 Å². The maximum Gasteiger partial charge on any atom is 0.251 e. The van der Waals surface area contributed by atoms with Crippen molar-refractivity contribution < 1.29 is 9.53 Å². The zero-order chi connectivity index (χ0) is 16.8. The minimum atomic E-state index is -0.103. The highest BCUT2D eigenvalue weighted by molar-refractivity contribution is 7.11. The topological polar surface area (TPSA) is 51.2 Å². The Kier molecular flexibility index (Phi) is 5.23. The monoisotopic (exact) mass is 338 g/mol. The summed E-state index contributed by atoms with van der Waals surface area (Å²) in [6.07, 6.45) is 1.80. The number of amides is 1. The first-order valence-electron chi connectivity index (χ1n) is 7.67. The highest BCUT2D eigenvalue weighted by atomic mass is 32.1. The van der Waals surface area contributed by atoms with E-state index in [0.717, 1.165) is 21.2 Å². The van der Waals surface area contributed by atoms with Crippen LogP contribution in [0.2, 0.25) is 0 Å². The first-order chi connectivity index (χ1) is 11.7. The van der Waals surface area contributed by atoms with Gasteiger partial charge in [-0.05, 0) is 25.1 Å². The van der Waals surface area contributed by atoms with Gasteiger partial charge in [0.1, 0.15) is 12.4 Å². The minimum absolute atomic E-state index is 0.103. The fourth-order valence-corrected chi connectivity index (χ4v) is 3.03. The molecule has 0 fully saturated rings. The fourth-order valence-electron chi connectivity index (χ4n) is 2.30.